The predicted molar refractivity (Wildman–Crippen MR) is 98.6 cm³/mol. The Morgan fingerprint density at radius 3 is 2.78 bits per heavy atom. The summed E-state index contributed by atoms with van der Waals surface area (Å²) in [6.45, 7) is 2.44. The van der Waals surface area contributed by atoms with E-state index in [4.69, 9.17) is 4.74 Å². The van der Waals surface area contributed by atoms with E-state index in [-0.39, 0.29) is 25.2 Å². The summed E-state index contributed by atoms with van der Waals surface area (Å²) < 4.78 is 6.99. The molecule has 1 aliphatic rings. The first-order valence-corrected chi connectivity index (χ1v) is 8.83. The van der Waals surface area contributed by atoms with E-state index in [0.29, 0.717) is 18.8 Å². The maximum Gasteiger partial charge on any atom is 0.318 e. The minimum absolute atomic E-state index is 0.0834. The van der Waals surface area contributed by atoms with Crippen LogP contribution in [-0.2, 0) is 9.53 Å². The van der Waals surface area contributed by atoms with E-state index in [2.05, 4.69) is 10.3 Å². The predicted octanol–water partition coefficient (Wildman–Crippen LogP) is 2.07. The highest BCUT2D eigenvalue weighted by molar-refractivity contribution is 5.80. The molecule has 1 aliphatic heterocycles. The van der Waals surface area contributed by atoms with Gasteiger partial charge >= 0.3 is 12.0 Å². The lowest BCUT2D eigenvalue weighted by molar-refractivity contribution is -0.151. The molecule has 8 nitrogen and oxygen atoms in total. The molecular formula is C19H24N4O4. The number of likely N-dealkylation sites (tertiary alicyclic amines) is 1. The fourth-order valence-corrected chi connectivity index (χ4v) is 3.46. The molecule has 2 atom stereocenters. The van der Waals surface area contributed by atoms with Crippen molar-refractivity contribution in [3.63, 3.8) is 0 Å². The number of carbonyl (C=O) groups is 2. The van der Waals surface area contributed by atoms with Crippen molar-refractivity contribution in [3.05, 3.63) is 48.5 Å². The van der Waals surface area contributed by atoms with Gasteiger partial charge in [-0.05, 0) is 25.5 Å². The van der Waals surface area contributed by atoms with E-state index in [1.807, 2.05) is 48.0 Å². The zero-order valence-electron chi connectivity index (χ0n) is 15.5. The third-order valence-electron chi connectivity index (χ3n) is 4.95. The Morgan fingerprint density at radius 2 is 2.11 bits per heavy atom. The van der Waals surface area contributed by atoms with Gasteiger partial charge in [-0.1, -0.05) is 18.2 Å². The lowest BCUT2D eigenvalue weighted by Gasteiger charge is -2.25. The second-order valence-electron chi connectivity index (χ2n) is 6.85. The van der Waals surface area contributed by atoms with E-state index in [0.717, 1.165) is 5.69 Å². The summed E-state index contributed by atoms with van der Waals surface area (Å²) >= 11 is 0. The normalized spacial score (nSPS) is 20.4. The molecule has 0 bridgehead atoms. The van der Waals surface area contributed by atoms with Crippen LogP contribution >= 0.6 is 0 Å². The summed E-state index contributed by atoms with van der Waals surface area (Å²) in [4.78, 5) is 30.2. The van der Waals surface area contributed by atoms with Crippen LogP contribution in [0, 0.1) is 5.41 Å². The molecule has 27 heavy (non-hydrogen) atoms. The number of imidazole rings is 1. The number of benzene rings is 1. The van der Waals surface area contributed by atoms with Crippen LogP contribution in [0.2, 0.25) is 0 Å². The highest BCUT2D eigenvalue weighted by Crippen LogP contribution is 2.31. The Labute approximate surface area is 157 Å². The first-order chi connectivity index (χ1) is 13.0. The Bertz CT molecular complexity index is 807. The van der Waals surface area contributed by atoms with Gasteiger partial charge in [-0.25, -0.2) is 9.78 Å². The lowest BCUT2D eigenvalue weighted by atomic mass is 9.88. The first kappa shape index (κ1) is 18.9. The molecule has 3 rings (SSSR count). The maximum absolute atomic E-state index is 12.7. The van der Waals surface area contributed by atoms with Crippen molar-refractivity contribution in [1.29, 1.82) is 0 Å². The van der Waals surface area contributed by atoms with Crippen LogP contribution in [0.1, 0.15) is 25.2 Å². The van der Waals surface area contributed by atoms with Crippen LogP contribution < -0.4 is 5.32 Å². The Morgan fingerprint density at radius 1 is 1.37 bits per heavy atom. The minimum Gasteiger partial charge on any atom is -0.481 e. The standard InChI is InChI=1S/C19H24N4O4/c1-14(16-20-9-11-23(16)15-6-4-3-5-7-15)21-18(26)22-10-8-19(12-22,13-27-2)17(24)25/h3-7,9,11,14H,8,10,12-13H2,1-2H3,(H,21,26)(H,24,25). The largest absolute Gasteiger partial charge is 0.481 e. The van der Waals surface area contributed by atoms with Crippen molar-refractivity contribution in [2.75, 3.05) is 26.8 Å². The zero-order valence-corrected chi connectivity index (χ0v) is 15.5. The maximum atomic E-state index is 12.7. The summed E-state index contributed by atoms with van der Waals surface area (Å²) in [6.07, 6.45) is 3.91. The number of hydrogen-bond acceptors (Lipinski definition) is 4. The average Bonchev–Trinajstić information content (AvgIpc) is 3.31. The van der Waals surface area contributed by atoms with Crippen molar-refractivity contribution >= 4 is 12.0 Å². The molecule has 0 aliphatic carbocycles. The van der Waals surface area contributed by atoms with Gasteiger partial charge in [-0.2, -0.15) is 0 Å². The van der Waals surface area contributed by atoms with Gasteiger partial charge in [0.05, 0.1) is 12.6 Å². The number of carbonyl (C=O) groups excluding carboxylic acids is 1. The van der Waals surface area contributed by atoms with Crippen LogP contribution in [0.25, 0.3) is 5.69 Å². The van der Waals surface area contributed by atoms with E-state index < -0.39 is 11.4 Å². The van der Waals surface area contributed by atoms with E-state index in [1.165, 1.54) is 12.0 Å². The number of amides is 2. The van der Waals surface area contributed by atoms with Crippen molar-refractivity contribution in [2.24, 2.45) is 5.41 Å². The molecule has 2 N–H and O–H groups in total. The second-order valence-corrected chi connectivity index (χ2v) is 6.85. The Balaban J connectivity index is 1.69. The highest BCUT2D eigenvalue weighted by atomic mass is 16.5. The minimum atomic E-state index is -1.04. The second kappa shape index (κ2) is 7.79. The van der Waals surface area contributed by atoms with Crippen LogP contribution in [0.3, 0.4) is 0 Å². The number of nitrogens with one attached hydrogen (secondary N) is 1. The molecule has 2 unspecified atom stereocenters. The van der Waals surface area contributed by atoms with Gasteiger partial charge in [0.15, 0.2) is 0 Å². The zero-order chi connectivity index (χ0) is 19.4. The van der Waals surface area contributed by atoms with Crippen molar-refractivity contribution in [2.45, 2.75) is 19.4 Å². The highest BCUT2D eigenvalue weighted by Gasteiger charge is 2.46. The molecular weight excluding hydrogens is 348 g/mol. The molecule has 2 amide bonds. The average molecular weight is 372 g/mol. The molecule has 0 saturated carbocycles. The number of carboxylic acids is 1. The monoisotopic (exact) mass is 372 g/mol. The number of hydrogen-bond donors (Lipinski definition) is 2. The van der Waals surface area contributed by atoms with E-state index in [9.17, 15) is 14.7 Å². The summed E-state index contributed by atoms with van der Waals surface area (Å²) in [5, 5.41) is 12.5. The molecule has 0 spiro atoms. The number of ether oxygens (including phenoxy) is 1. The number of aliphatic carboxylic acids is 1. The van der Waals surface area contributed by atoms with Gasteiger partial charge < -0.3 is 24.6 Å². The molecule has 144 valence electrons. The first-order valence-electron chi connectivity index (χ1n) is 8.83. The van der Waals surface area contributed by atoms with E-state index in [1.54, 1.807) is 6.20 Å². The summed E-state index contributed by atoms with van der Waals surface area (Å²) in [6, 6.07) is 9.10. The van der Waals surface area contributed by atoms with Gasteiger partial charge in [0.1, 0.15) is 11.2 Å². The Kier molecular flexibility index (Phi) is 5.46. The van der Waals surface area contributed by atoms with Crippen LogP contribution in [0.5, 0.6) is 0 Å². The number of methoxy groups -OCH3 is 1. The molecule has 0 radical (unpaired) electrons. The van der Waals surface area contributed by atoms with Crippen molar-refractivity contribution in [3.8, 4) is 5.69 Å². The topological polar surface area (TPSA) is 96.7 Å². The summed E-state index contributed by atoms with van der Waals surface area (Å²) in [7, 11) is 1.47. The quantitative estimate of drug-likeness (QED) is 0.809. The van der Waals surface area contributed by atoms with Gasteiger partial charge in [0.25, 0.3) is 0 Å². The molecule has 2 aromatic rings. The third-order valence-corrected chi connectivity index (χ3v) is 4.95. The summed E-state index contributed by atoms with van der Waals surface area (Å²) in [5.74, 6) is -0.234. The van der Waals surface area contributed by atoms with Gasteiger partial charge in [-0.15, -0.1) is 0 Å². The molecule has 1 fully saturated rings. The number of carboxylic acid groups (broad SMARTS) is 1. The van der Waals surface area contributed by atoms with Crippen LogP contribution in [0.4, 0.5) is 4.79 Å². The van der Waals surface area contributed by atoms with Gasteiger partial charge in [0.2, 0.25) is 0 Å². The van der Waals surface area contributed by atoms with E-state index >= 15 is 0 Å². The summed E-state index contributed by atoms with van der Waals surface area (Å²) in [5.41, 5.74) is -0.0880. The van der Waals surface area contributed by atoms with Crippen molar-refractivity contribution < 1.29 is 19.4 Å². The van der Waals surface area contributed by atoms with Crippen molar-refractivity contribution in [1.82, 2.24) is 19.8 Å². The fraction of sp³-hybridized carbons (Fsp3) is 0.421. The molecule has 1 aromatic carbocycles. The Hall–Kier alpha value is -2.87. The number of nitrogens with zero attached hydrogens (tertiary/aromatic N) is 3. The van der Waals surface area contributed by atoms with Crippen LogP contribution in [0.15, 0.2) is 42.7 Å². The van der Waals surface area contributed by atoms with Gasteiger partial charge in [-0.3, -0.25) is 4.79 Å². The number of urea groups is 1. The number of aromatic nitrogens is 2. The number of para-hydroxylation sites is 1. The SMILES string of the molecule is COCC1(C(=O)O)CCN(C(=O)NC(C)c2nccn2-c2ccccc2)C1. The molecule has 1 aromatic heterocycles. The molecule has 8 heteroatoms. The third kappa shape index (κ3) is 3.80. The smallest absolute Gasteiger partial charge is 0.318 e. The van der Waals surface area contributed by atoms with Gasteiger partial charge in [0, 0.05) is 38.3 Å². The fourth-order valence-electron chi connectivity index (χ4n) is 3.46. The molecule has 1 saturated heterocycles. The van der Waals surface area contributed by atoms with Crippen LogP contribution in [-0.4, -0.2) is 58.4 Å². The molecule has 2 heterocycles. The number of rotatable bonds is 6. The lowest BCUT2D eigenvalue weighted by Crippen LogP contribution is -2.44.